The van der Waals surface area contributed by atoms with Crippen molar-refractivity contribution in [1.29, 1.82) is 0 Å². The highest BCUT2D eigenvalue weighted by molar-refractivity contribution is 5.83. The maximum Gasteiger partial charge on any atom is 0.0963 e. The van der Waals surface area contributed by atoms with Gasteiger partial charge in [0.25, 0.3) is 0 Å². The molecule has 64 valence electrons. The Balaban J connectivity index is 2.11. The van der Waals surface area contributed by atoms with Gasteiger partial charge in [-0.3, -0.25) is 4.99 Å². The standard InChI is InChI=1S/C9H18N2/c1-3-8(2)7-11-9-5-4-6-10-9/h8H,3-7H2,1-2H3,(H,10,11). The summed E-state index contributed by atoms with van der Waals surface area (Å²) in [5.74, 6) is 2.00. The summed E-state index contributed by atoms with van der Waals surface area (Å²) < 4.78 is 0. The molecule has 1 aliphatic heterocycles. The third kappa shape index (κ3) is 2.91. The summed E-state index contributed by atoms with van der Waals surface area (Å²) in [7, 11) is 0. The summed E-state index contributed by atoms with van der Waals surface area (Å²) in [5, 5.41) is 3.38. The Hall–Kier alpha value is -0.530. The molecule has 1 rings (SSSR count). The van der Waals surface area contributed by atoms with E-state index in [4.69, 9.17) is 0 Å². The molecule has 0 aliphatic carbocycles. The predicted molar refractivity (Wildman–Crippen MR) is 49.0 cm³/mol. The molecule has 0 aromatic carbocycles. The fourth-order valence-corrected chi connectivity index (χ4v) is 1.12. The van der Waals surface area contributed by atoms with Crippen molar-refractivity contribution in [2.45, 2.75) is 33.1 Å². The van der Waals surface area contributed by atoms with Crippen LogP contribution in [0.25, 0.3) is 0 Å². The average molecular weight is 154 g/mol. The number of nitrogens with zero attached hydrogens (tertiary/aromatic N) is 1. The molecule has 1 unspecified atom stereocenters. The van der Waals surface area contributed by atoms with E-state index in [0.29, 0.717) is 0 Å². The molecule has 0 saturated heterocycles. The van der Waals surface area contributed by atoms with Gasteiger partial charge >= 0.3 is 0 Å². The summed E-state index contributed by atoms with van der Waals surface area (Å²) in [5.41, 5.74) is 0. The second-order valence-corrected chi connectivity index (χ2v) is 3.33. The molecule has 0 bridgehead atoms. The van der Waals surface area contributed by atoms with E-state index in [9.17, 15) is 0 Å². The van der Waals surface area contributed by atoms with Gasteiger partial charge in [0.1, 0.15) is 0 Å². The van der Waals surface area contributed by atoms with Gasteiger partial charge in [0.2, 0.25) is 0 Å². The third-order valence-corrected chi connectivity index (χ3v) is 2.23. The Morgan fingerprint density at radius 1 is 1.64 bits per heavy atom. The van der Waals surface area contributed by atoms with Crippen LogP contribution in [-0.4, -0.2) is 18.9 Å². The molecule has 0 saturated carbocycles. The molecule has 0 fully saturated rings. The zero-order valence-corrected chi connectivity index (χ0v) is 7.56. The van der Waals surface area contributed by atoms with E-state index in [1.807, 2.05) is 0 Å². The molecular weight excluding hydrogens is 136 g/mol. The predicted octanol–water partition coefficient (Wildman–Crippen LogP) is 1.81. The highest BCUT2D eigenvalue weighted by atomic mass is 15.0. The van der Waals surface area contributed by atoms with Crippen LogP contribution in [0.15, 0.2) is 4.99 Å². The maximum absolute atomic E-state index is 4.35. The van der Waals surface area contributed by atoms with Crippen molar-refractivity contribution in [3.63, 3.8) is 0 Å². The highest BCUT2D eigenvalue weighted by Gasteiger charge is 2.05. The van der Waals surface area contributed by atoms with Gasteiger partial charge in [-0.05, 0) is 12.3 Å². The summed E-state index contributed by atoms with van der Waals surface area (Å²) >= 11 is 0. The van der Waals surface area contributed by atoms with Gasteiger partial charge in [-0.25, -0.2) is 0 Å². The van der Waals surface area contributed by atoms with Crippen LogP contribution in [0.1, 0.15) is 33.1 Å². The molecule has 0 aromatic heterocycles. The van der Waals surface area contributed by atoms with Gasteiger partial charge in [-0.15, -0.1) is 0 Å². The van der Waals surface area contributed by atoms with Crippen LogP contribution in [0.4, 0.5) is 0 Å². The fraction of sp³-hybridized carbons (Fsp3) is 0.889. The van der Waals surface area contributed by atoms with Gasteiger partial charge in [0.15, 0.2) is 0 Å². The summed E-state index contributed by atoms with van der Waals surface area (Å²) in [6.07, 6.45) is 3.65. The molecule has 11 heavy (non-hydrogen) atoms. The van der Waals surface area contributed by atoms with E-state index in [0.717, 1.165) is 25.4 Å². The van der Waals surface area contributed by atoms with Gasteiger partial charge < -0.3 is 5.32 Å². The fourth-order valence-electron chi connectivity index (χ4n) is 1.12. The largest absolute Gasteiger partial charge is 0.374 e. The minimum absolute atomic E-state index is 0.776. The molecule has 2 heteroatoms. The van der Waals surface area contributed by atoms with E-state index in [1.54, 1.807) is 0 Å². The molecule has 0 aromatic rings. The molecule has 0 spiro atoms. The van der Waals surface area contributed by atoms with Crippen molar-refractivity contribution in [2.24, 2.45) is 10.9 Å². The lowest BCUT2D eigenvalue weighted by molar-refractivity contribution is 0.547. The van der Waals surface area contributed by atoms with Gasteiger partial charge in [-0.1, -0.05) is 20.3 Å². The average Bonchev–Trinajstić information content (AvgIpc) is 2.52. The van der Waals surface area contributed by atoms with Crippen LogP contribution in [-0.2, 0) is 0 Å². The van der Waals surface area contributed by atoms with Crippen molar-refractivity contribution in [2.75, 3.05) is 13.1 Å². The molecule has 2 nitrogen and oxygen atoms in total. The topological polar surface area (TPSA) is 24.4 Å². The molecular formula is C9H18N2. The summed E-state index contributed by atoms with van der Waals surface area (Å²) in [6, 6.07) is 0. The second-order valence-electron chi connectivity index (χ2n) is 3.33. The maximum atomic E-state index is 4.35. The van der Waals surface area contributed by atoms with Gasteiger partial charge in [0.05, 0.1) is 5.84 Å². The second kappa shape index (κ2) is 4.37. The first-order valence-corrected chi connectivity index (χ1v) is 4.60. The Morgan fingerprint density at radius 2 is 2.45 bits per heavy atom. The van der Waals surface area contributed by atoms with Crippen LogP contribution in [0.2, 0.25) is 0 Å². The molecule has 1 aliphatic rings. The zero-order valence-electron chi connectivity index (χ0n) is 7.56. The van der Waals surface area contributed by atoms with E-state index in [1.165, 1.54) is 18.7 Å². The molecule has 1 heterocycles. The van der Waals surface area contributed by atoms with Crippen LogP contribution >= 0.6 is 0 Å². The zero-order chi connectivity index (χ0) is 8.10. The van der Waals surface area contributed by atoms with E-state index in [2.05, 4.69) is 24.2 Å². The van der Waals surface area contributed by atoms with Crippen LogP contribution in [0, 0.1) is 5.92 Å². The van der Waals surface area contributed by atoms with Crippen molar-refractivity contribution in [1.82, 2.24) is 5.32 Å². The first kappa shape index (κ1) is 8.57. The quantitative estimate of drug-likeness (QED) is 0.658. The third-order valence-electron chi connectivity index (χ3n) is 2.23. The van der Waals surface area contributed by atoms with Crippen molar-refractivity contribution in [3.8, 4) is 0 Å². The lowest BCUT2D eigenvalue weighted by Crippen LogP contribution is -2.26. The van der Waals surface area contributed by atoms with Gasteiger partial charge in [0, 0.05) is 19.5 Å². The van der Waals surface area contributed by atoms with Crippen LogP contribution in [0.3, 0.4) is 0 Å². The smallest absolute Gasteiger partial charge is 0.0963 e. The number of nitrogens with one attached hydrogen (secondary N) is 1. The van der Waals surface area contributed by atoms with Crippen molar-refractivity contribution in [3.05, 3.63) is 0 Å². The molecule has 1 atom stereocenters. The van der Waals surface area contributed by atoms with Gasteiger partial charge in [-0.2, -0.15) is 0 Å². The van der Waals surface area contributed by atoms with Crippen molar-refractivity contribution < 1.29 is 0 Å². The van der Waals surface area contributed by atoms with Crippen LogP contribution in [0.5, 0.6) is 0 Å². The monoisotopic (exact) mass is 154 g/mol. The first-order chi connectivity index (χ1) is 5.33. The Bertz CT molecular complexity index is 140. The molecule has 0 radical (unpaired) electrons. The lowest BCUT2D eigenvalue weighted by Gasteiger charge is -2.10. The first-order valence-electron chi connectivity index (χ1n) is 4.60. The highest BCUT2D eigenvalue weighted by Crippen LogP contribution is 2.03. The van der Waals surface area contributed by atoms with E-state index < -0.39 is 0 Å². The van der Waals surface area contributed by atoms with E-state index >= 15 is 0 Å². The summed E-state index contributed by atoms with van der Waals surface area (Å²) in [4.78, 5) is 4.35. The van der Waals surface area contributed by atoms with Crippen LogP contribution < -0.4 is 5.32 Å². The minimum Gasteiger partial charge on any atom is -0.374 e. The van der Waals surface area contributed by atoms with Crippen molar-refractivity contribution >= 4 is 5.84 Å². The normalized spacial score (nSPS) is 19.6. The number of hydrogen-bond donors (Lipinski definition) is 1. The minimum atomic E-state index is 0.776. The Morgan fingerprint density at radius 3 is 3.00 bits per heavy atom. The Kier molecular flexibility index (Phi) is 3.40. The molecule has 0 amide bonds. The lowest BCUT2D eigenvalue weighted by atomic mass is 10.1. The molecule has 1 N–H and O–H groups in total. The Labute approximate surface area is 69.1 Å². The van der Waals surface area contributed by atoms with E-state index in [-0.39, 0.29) is 0 Å². The number of rotatable bonds is 3. The number of aliphatic imine (C=N–C) groups is 1. The number of amidine groups is 1. The SMILES string of the molecule is CCC(C)CNC1=NCCC1. The summed E-state index contributed by atoms with van der Waals surface area (Å²) in [6.45, 7) is 6.61. The number of hydrogen-bond acceptors (Lipinski definition) is 2.